The Morgan fingerprint density at radius 3 is 2.71 bits per heavy atom. The van der Waals surface area contributed by atoms with Gasteiger partial charge in [0.15, 0.2) is 0 Å². The second-order valence-electron chi connectivity index (χ2n) is 4.77. The van der Waals surface area contributed by atoms with Crippen LogP contribution in [0.2, 0.25) is 0 Å². The molecule has 1 saturated carbocycles. The van der Waals surface area contributed by atoms with Crippen LogP contribution in [0.15, 0.2) is 0 Å². The SMILES string of the molecule is CCN(C(=O)CCOC)C1CCCCC1CN. The van der Waals surface area contributed by atoms with Crippen molar-refractivity contribution in [1.29, 1.82) is 0 Å². The van der Waals surface area contributed by atoms with Gasteiger partial charge in [-0.25, -0.2) is 0 Å². The average molecular weight is 242 g/mol. The molecular formula is C13H26N2O2. The lowest BCUT2D eigenvalue weighted by molar-refractivity contribution is -0.136. The third-order valence-electron chi connectivity index (χ3n) is 3.75. The van der Waals surface area contributed by atoms with E-state index in [2.05, 4.69) is 0 Å². The molecule has 1 aliphatic rings. The maximum atomic E-state index is 12.1. The third-order valence-corrected chi connectivity index (χ3v) is 3.75. The number of methoxy groups -OCH3 is 1. The van der Waals surface area contributed by atoms with Gasteiger partial charge in [-0.2, -0.15) is 0 Å². The van der Waals surface area contributed by atoms with Crippen molar-refractivity contribution < 1.29 is 9.53 Å². The van der Waals surface area contributed by atoms with Crippen LogP contribution < -0.4 is 5.73 Å². The van der Waals surface area contributed by atoms with Gasteiger partial charge in [-0.3, -0.25) is 4.79 Å². The van der Waals surface area contributed by atoms with E-state index in [1.807, 2.05) is 11.8 Å². The van der Waals surface area contributed by atoms with E-state index in [4.69, 9.17) is 10.5 Å². The van der Waals surface area contributed by atoms with Crippen molar-refractivity contribution in [2.45, 2.75) is 45.1 Å². The topological polar surface area (TPSA) is 55.6 Å². The lowest BCUT2D eigenvalue weighted by Crippen LogP contribution is -2.48. The molecule has 0 bridgehead atoms. The van der Waals surface area contributed by atoms with Crippen LogP contribution in [-0.4, -0.2) is 43.7 Å². The van der Waals surface area contributed by atoms with Gasteiger partial charge in [-0.1, -0.05) is 12.8 Å². The highest BCUT2D eigenvalue weighted by Gasteiger charge is 2.30. The van der Waals surface area contributed by atoms with Gasteiger partial charge in [0.05, 0.1) is 13.0 Å². The summed E-state index contributed by atoms with van der Waals surface area (Å²) < 4.78 is 4.98. The molecule has 1 aliphatic carbocycles. The second-order valence-corrected chi connectivity index (χ2v) is 4.77. The molecule has 0 aliphatic heterocycles. The second kappa shape index (κ2) is 7.67. The first kappa shape index (κ1) is 14.5. The van der Waals surface area contributed by atoms with Crippen LogP contribution in [0.1, 0.15) is 39.0 Å². The van der Waals surface area contributed by atoms with Crippen molar-refractivity contribution in [3.63, 3.8) is 0 Å². The molecule has 100 valence electrons. The molecule has 4 heteroatoms. The van der Waals surface area contributed by atoms with Crippen LogP contribution in [0.4, 0.5) is 0 Å². The Kier molecular flexibility index (Phi) is 6.52. The van der Waals surface area contributed by atoms with Gasteiger partial charge >= 0.3 is 0 Å². The average Bonchev–Trinajstić information content (AvgIpc) is 2.37. The summed E-state index contributed by atoms with van der Waals surface area (Å²) >= 11 is 0. The molecule has 0 spiro atoms. The van der Waals surface area contributed by atoms with E-state index in [1.165, 1.54) is 12.8 Å². The summed E-state index contributed by atoms with van der Waals surface area (Å²) in [4.78, 5) is 14.1. The predicted molar refractivity (Wildman–Crippen MR) is 68.7 cm³/mol. The van der Waals surface area contributed by atoms with Gasteiger partial charge in [0.2, 0.25) is 5.91 Å². The van der Waals surface area contributed by atoms with Crippen LogP contribution in [-0.2, 0) is 9.53 Å². The summed E-state index contributed by atoms with van der Waals surface area (Å²) in [7, 11) is 1.63. The minimum atomic E-state index is 0.208. The number of ether oxygens (including phenoxy) is 1. The number of carbonyl (C=O) groups excluding carboxylic acids is 1. The first-order valence-electron chi connectivity index (χ1n) is 6.73. The van der Waals surface area contributed by atoms with E-state index in [0.29, 0.717) is 31.5 Å². The van der Waals surface area contributed by atoms with E-state index in [-0.39, 0.29) is 5.91 Å². The summed E-state index contributed by atoms with van der Waals surface area (Å²) in [6, 6.07) is 0.350. The lowest BCUT2D eigenvalue weighted by atomic mass is 9.83. The molecule has 2 N–H and O–H groups in total. The largest absolute Gasteiger partial charge is 0.384 e. The summed E-state index contributed by atoms with van der Waals surface area (Å²) in [6.45, 7) is 4.03. The predicted octanol–water partition coefficient (Wildman–Crippen LogP) is 1.39. The van der Waals surface area contributed by atoms with Gasteiger partial charge in [0.1, 0.15) is 0 Å². The van der Waals surface area contributed by atoms with Gasteiger partial charge in [0, 0.05) is 19.7 Å². The Balaban J connectivity index is 2.60. The molecular weight excluding hydrogens is 216 g/mol. The number of nitrogens with two attached hydrogens (primary N) is 1. The smallest absolute Gasteiger partial charge is 0.225 e. The minimum absolute atomic E-state index is 0.208. The highest BCUT2D eigenvalue weighted by atomic mass is 16.5. The molecule has 0 radical (unpaired) electrons. The van der Waals surface area contributed by atoms with Crippen molar-refractivity contribution in [2.24, 2.45) is 11.7 Å². The van der Waals surface area contributed by atoms with Crippen molar-refractivity contribution >= 4 is 5.91 Å². The molecule has 0 aromatic rings. The lowest BCUT2D eigenvalue weighted by Gasteiger charge is -2.39. The minimum Gasteiger partial charge on any atom is -0.384 e. The van der Waals surface area contributed by atoms with Crippen LogP contribution in [0.5, 0.6) is 0 Å². The highest BCUT2D eigenvalue weighted by molar-refractivity contribution is 5.76. The number of rotatable bonds is 6. The Bertz CT molecular complexity index is 233. The standard InChI is InChI=1S/C13H26N2O2/c1-3-15(13(16)8-9-17-2)12-7-5-4-6-11(12)10-14/h11-12H,3-10,14H2,1-2H3. The van der Waals surface area contributed by atoms with Crippen LogP contribution in [0, 0.1) is 5.92 Å². The van der Waals surface area contributed by atoms with Crippen molar-refractivity contribution in [1.82, 2.24) is 4.90 Å². The quantitative estimate of drug-likeness (QED) is 0.765. The summed E-state index contributed by atoms with van der Waals surface area (Å²) in [6.07, 6.45) is 5.22. The molecule has 0 aromatic heterocycles. The fourth-order valence-corrected chi connectivity index (χ4v) is 2.80. The molecule has 17 heavy (non-hydrogen) atoms. The summed E-state index contributed by atoms with van der Waals surface area (Å²) in [5, 5.41) is 0. The Labute approximate surface area is 104 Å². The molecule has 2 atom stereocenters. The fourth-order valence-electron chi connectivity index (χ4n) is 2.80. The van der Waals surface area contributed by atoms with Crippen molar-refractivity contribution in [3.05, 3.63) is 0 Å². The van der Waals surface area contributed by atoms with Gasteiger partial charge in [-0.15, -0.1) is 0 Å². The van der Waals surface area contributed by atoms with Crippen LogP contribution in [0.3, 0.4) is 0 Å². The first-order valence-corrected chi connectivity index (χ1v) is 6.73. The van der Waals surface area contributed by atoms with E-state index < -0.39 is 0 Å². The van der Waals surface area contributed by atoms with Crippen molar-refractivity contribution in [2.75, 3.05) is 26.8 Å². The third kappa shape index (κ3) is 3.96. The molecule has 0 saturated heterocycles. The molecule has 4 nitrogen and oxygen atoms in total. The summed E-state index contributed by atoms with van der Waals surface area (Å²) in [5.74, 6) is 0.690. The maximum Gasteiger partial charge on any atom is 0.225 e. The first-order chi connectivity index (χ1) is 8.24. The fraction of sp³-hybridized carbons (Fsp3) is 0.923. The molecule has 2 unspecified atom stereocenters. The van der Waals surface area contributed by atoms with Gasteiger partial charge < -0.3 is 15.4 Å². The molecule has 1 fully saturated rings. The number of nitrogens with zero attached hydrogens (tertiary/aromatic N) is 1. The van der Waals surface area contributed by atoms with Gasteiger partial charge in [-0.05, 0) is 32.2 Å². The van der Waals surface area contributed by atoms with E-state index >= 15 is 0 Å². The zero-order valence-corrected chi connectivity index (χ0v) is 11.2. The Morgan fingerprint density at radius 1 is 1.41 bits per heavy atom. The number of amides is 1. The number of carbonyl (C=O) groups is 1. The Morgan fingerprint density at radius 2 is 2.12 bits per heavy atom. The summed E-state index contributed by atoms with van der Waals surface area (Å²) in [5.41, 5.74) is 5.82. The van der Waals surface area contributed by atoms with E-state index in [1.54, 1.807) is 7.11 Å². The van der Waals surface area contributed by atoms with E-state index in [0.717, 1.165) is 19.4 Å². The van der Waals surface area contributed by atoms with E-state index in [9.17, 15) is 4.79 Å². The highest BCUT2D eigenvalue weighted by Crippen LogP contribution is 2.28. The van der Waals surface area contributed by atoms with Crippen LogP contribution in [0.25, 0.3) is 0 Å². The normalized spacial score (nSPS) is 24.6. The number of hydrogen-bond acceptors (Lipinski definition) is 3. The molecule has 1 rings (SSSR count). The van der Waals surface area contributed by atoms with Gasteiger partial charge in [0.25, 0.3) is 0 Å². The molecule has 1 amide bonds. The monoisotopic (exact) mass is 242 g/mol. The Hall–Kier alpha value is -0.610. The van der Waals surface area contributed by atoms with Crippen LogP contribution >= 0.6 is 0 Å². The zero-order valence-electron chi connectivity index (χ0n) is 11.2. The molecule has 0 aromatic carbocycles. The molecule has 0 heterocycles. The number of hydrogen-bond donors (Lipinski definition) is 1. The van der Waals surface area contributed by atoms with Crippen molar-refractivity contribution in [3.8, 4) is 0 Å². The zero-order chi connectivity index (χ0) is 12.7. The maximum absolute atomic E-state index is 12.1.